The Kier molecular flexibility index (Phi) is 17.7. The van der Waals surface area contributed by atoms with Crippen LogP contribution in [0.3, 0.4) is 0 Å². The van der Waals surface area contributed by atoms with E-state index in [9.17, 15) is 13.2 Å². The molecule has 22 aromatic rings. The van der Waals surface area contributed by atoms with E-state index in [-0.39, 0.29) is 5.56 Å². The maximum Gasteiger partial charge on any atom is 0.194 e. The molecule has 0 aliphatic carbocycles. The van der Waals surface area contributed by atoms with Gasteiger partial charge in [-0.25, -0.2) is 33.1 Å². The minimum absolute atomic E-state index is 0.133. The first-order valence-electron chi connectivity index (χ1n) is 38.2. The summed E-state index contributed by atoms with van der Waals surface area (Å²) in [6, 6.07) is 137. The number of nitrogens with one attached hydrogen (secondary N) is 1. The Morgan fingerprint density at radius 3 is 0.774 bits per heavy atom. The van der Waals surface area contributed by atoms with E-state index in [4.69, 9.17) is 15.0 Å². The predicted octanol–water partition coefficient (Wildman–Crippen LogP) is 27.3. The largest absolute Gasteiger partial charge is 0.355 e. The first kappa shape index (κ1) is 68.9. The van der Waals surface area contributed by atoms with Crippen molar-refractivity contribution in [2.75, 3.05) is 0 Å². The highest BCUT2D eigenvalue weighted by Gasteiger charge is 2.28. The Hall–Kier alpha value is -15.3. The number of benzene rings is 16. The van der Waals surface area contributed by atoms with Crippen molar-refractivity contribution in [2.24, 2.45) is 0 Å². The van der Waals surface area contributed by atoms with Gasteiger partial charge in [-0.3, -0.25) is 0 Å². The molecule has 6 heterocycles. The van der Waals surface area contributed by atoms with Crippen LogP contribution in [-0.2, 0) is 0 Å². The topological polar surface area (TPSA) is 82.1 Å². The van der Waals surface area contributed by atoms with Crippen LogP contribution in [0.2, 0.25) is 0 Å². The van der Waals surface area contributed by atoms with Crippen LogP contribution in [0.5, 0.6) is 0 Å². The molecule has 115 heavy (non-hydrogen) atoms. The Balaban J connectivity index is 0.000000152. The minimum Gasteiger partial charge on any atom is -0.355 e. The molecular weight excluding hydrogens is 1420 g/mol. The van der Waals surface area contributed by atoms with Gasteiger partial charge < -0.3 is 18.7 Å². The fraction of sp³-hybridized carbons (Fsp3) is 0. The van der Waals surface area contributed by atoms with Crippen LogP contribution in [0.4, 0.5) is 13.2 Å². The van der Waals surface area contributed by atoms with Gasteiger partial charge in [0.05, 0.1) is 72.9 Å². The van der Waals surface area contributed by atoms with E-state index in [0.717, 1.165) is 118 Å². The summed E-state index contributed by atoms with van der Waals surface area (Å²) in [5.74, 6) is -2.97. The molecule has 22 rings (SSSR count). The Labute approximate surface area is 659 Å². The van der Waals surface area contributed by atoms with Gasteiger partial charge in [-0.15, -0.1) is 0 Å². The third kappa shape index (κ3) is 12.8. The number of rotatable bonds is 11. The molecule has 0 atom stereocenters. The van der Waals surface area contributed by atoms with Crippen LogP contribution in [0.25, 0.3) is 194 Å². The van der Waals surface area contributed by atoms with E-state index >= 15 is 0 Å². The van der Waals surface area contributed by atoms with Crippen LogP contribution in [0.1, 0.15) is 0 Å². The smallest absolute Gasteiger partial charge is 0.194 e. The maximum atomic E-state index is 13.9. The molecule has 544 valence electrons. The zero-order chi connectivity index (χ0) is 76.9. The SMILES string of the molecule is Fc1cc(-c2cc(-c3ccc(-c4ccccc4)cc3)nc(-c3ccccc3)n2)cc(F)c1F.c1ccc(-c2ccc(-c3cc(-c4cc(-n5c6ccccc6c6ccccc65)c(-n5c6ccccc6c6ccccc65)c(-n5c6ccccc6c6ccccc65)c4)nc(-c4ccccc4)n3)cc2)cc1.c1ccc2c(c1)[nH]c1ccccc12. The van der Waals surface area contributed by atoms with Crippen LogP contribution in [0.15, 0.2) is 400 Å². The highest BCUT2D eigenvalue weighted by molar-refractivity contribution is 6.14. The van der Waals surface area contributed by atoms with Crippen molar-refractivity contribution in [3.05, 3.63) is 418 Å². The van der Waals surface area contributed by atoms with Gasteiger partial charge in [0.25, 0.3) is 0 Å². The van der Waals surface area contributed by atoms with E-state index in [1.165, 1.54) is 59.7 Å². The lowest BCUT2D eigenvalue weighted by molar-refractivity contribution is 0.447. The Bertz CT molecular complexity index is 7050. The zero-order valence-corrected chi connectivity index (χ0v) is 61.9. The number of halogens is 3. The van der Waals surface area contributed by atoms with Crippen LogP contribution >= 0.6 is 0 Å². The number of hydrogen-bond donors (Lipinski definition) is 1. The highest BCUT2D eigenvalue weighted by atomic mass is 19.2. The van der Waals surface area contributed by atoms with Crippen LogP contribution in [0, 0.1) is 17.5 Å². The van der Waals surface area contributed by atoms with Crippen molar-refractivity contribution >= 4 is 87.2 Å². The van der Waals surface area contributed by atoms with Crippen LogP contribution in [-0.4, -0.2) is 38.6 Å². The van der Waals surface area contributed by atoms with Gasteiger partial charge >= 0.3 is 0 Å². The van der Waals surface area contributed by atoms with E-state index < -0.39 is 17.5 Å². The summed E-state index contributed by atoms with van der Waals surface area (Å²) in [6.07, 6.45) is 0. The molecule has 0 spiro atoms. The fourth-order valence-corrected chi connectivity index (χ4v) is 16.2. The number of nitrogens with zero attached hydrogens (tertiary/aromatic N) is 7. The molecule has 6 aromatic heterocycles. The molecular formula is C104H67F3N8. The summed E-state index contributed by atoms with van der Waals surface area (Å²) in [4.78, 5) is 23.4. The average Bonchev–Trinajstić information content (AvgIpc) is 1.55. The van der Waals surface area contributed by atoms with E-state index in [2.05, 4.69) is 315 Å². The average molecular weight is 1490 g/mol. The molecule has 16 aromatic carbocycles. The third-order valence-corrected chi connectivity index (χ3v) is 21.6. The van der Waals surface area contributed by atoms with Gasteiger partial charge in [0, 0.05) is 87.5 Å². The molecule has 0 bridgehead atoms. The molecule has 1 N–H and O–H groups in total. The highest BCUT2D eigenvalue weighted by Crippen LogP contribution is 2.46. The summed E-state index contributed by atoms with van der Waals surface area (Å²) in [5.41, 5.74) is 24.0. The van der Waals surface area contributed by atoms with Gasteiger partial charge in [0.15, 0.2) is 29.1 Å². The van der Waals surface area contributed by atoms with Crippen molar-refractivity contribution in [3.8, 4) is 107 Å². The van der Waals surface area contributed by atoms with Gasteiger partial charge in [-0.2, -0.15) is 0 Å². The molecule has 0 fully saturated rings. The van der Waals surface area contributed by atoms with E-state index in [1.54, 1.807) is 6.07 Å². The summed E-state index contributed by atoms with van der Waals surface area (Å²) in [6.45, 7) is 0. The Morgan fingerprint density at radius 2 is 0.443 bits per heavy atom. The quantitative estimate of drug-likeness (QED) is 0.131. The molecule has 0 saturated carbocycles. The molecule has 0 saturated heterocycles. The molecule has 0 radical (unpaired) electrons. The molecule has 0 unspecified atom stereocenters. The second-order valence-corrected chi connectivity index (χ2v) is 28.5. The first-order chi connectivity index (χ1) is 56.8. The number of aromatic nitrogens is 8. The fourth-order valence-electron chi connectivity index (χ4n) is 16.2. The third-order valence-electron chi connectivity index (χ3n) is 21.6. The summed E-state index contributed by atoms with van der Waals surface area (Å²) >= 11 is 0. The number of fused-ring (bicyclic) bond motifs is 12. The normalized spacial score (nSPS) is 11.4. The predicted molar refractivity (Wildman–Crippen MR) is 466 cm³/mol. The Morgan fingerprint density at radius 1 is 0.200 bits per heavy atom. The number of para-hydroxylation sites is 8. The number of H-pyrrole nitrogens is 1. The maximum absolute atomic E-state index is 13.9. The van der Waals surface area contributed by atoms with Crippen molar-refractivity contribution in [1.29, 1.82) is 0 Å². The van der Waals surface area contributed by atoms with E-state index in [1.807, 2.05) is 91.0 Å². The second-order valence-electron chi connectivity index (χ2n) is 28.5. The lowest BCUT2D eigenvalue weighted by atomic mass is 10.0. The van der Waals surface area contributed by atoms with Gasteiger partial charge in [-0.1, -0.05) is 315 Å². The monoisotopic (exact) mass is 1480 g/mol. The van der Waals surface area contributed by atoms with E-state index in [0.29, 0.717) is 23.0 Å². The minimum atomic E-state index is -1.51. The summed E-state index contributed by atoms with van der Waals surface area (Å²) < 4.78 is 48.8. The van der Waals surface area contributed by atoms with Gasteiger partial charge in [-0.05, 0) is 107 Å². The standard InChI is InChI=1S/C64H41N5.C28H17F3N2.C12H9N/c1-3-19-42(20-4-1)43-35-37-44(38-36-43)53-41-54(66-64(65-53)45-21-5-2-6-22-45)46-39-61(67-55-29-13-7-23-47(55)48-24-8-14-30-56(48)67)63(69-59-33-17-11-27-51(59)52-28-12-18-34-60(52)69)62(40-46)68-57-31-15-9-25-49(57)50-26-10-16-32-58(50)68;29-23-15-22(16-24(30)27(23)31)26-17-25(32-28(33-26)21-9-5-2-6-10-21)20-13-11-19(12-14-20)18-7-3-1-4-8-18;1-3-7-11-9(5-1)10-6-2-4-8-12(10)13-11/h1-41H;1-17H;1-8,13H. The lowest BCUT2D eigenvalue weighted by Crippen LogP contribution is -2.10. The van der Waals surface area contributed by atoms with Crippen molar-refractivity contribution in [3.63, 3.8) is 0 Å². The van der Waals surface area contributed by atoms with Crippen molar-refractivity contribution < 1.29 is 13.2 Å². The number of aromatic amines is 1. The molecule has 0 aliphatic heterocycles. The molecule has 0 aliphatic rings. The zero-order valence-electron chi connectivity index (χ0n) is 61.9. The lowest BCUT2D eigenvalue weighted by Gasteiger charge is -2.23. The molecule has 11 heteroatoms. The number of hydrogen-bond acceptors (Lipinski definition) is 4. The van der Waals surface area contributed by atoms with Gasteiger partial charge in [0.1, 0.15) is 0 Å². The summed E-state index contributed by atoms with van der Waals surface area (Å²) in [5, 5.41) is 9.78. The summed E-state index contributed by atoms with van der Waals surface area (Å²) in [7, 11) is 0. The van der Waals surface area contributed by atoms with Gasteiger partial charge in [0.2, 0.25) is 0 Å². The van der Waals surface area contributed by atoms with Crippen molar-refractivity contribution in [2.45, 2.75) is 0 Å². The molecule has 8 nitrogen and oxygen atoms in total. The first-order valence-corrected chi connectivity index (χ1v) is 38.2. The van der Waals surface area contributed by atoms with Crippen molar-refractivity contribution in [1.82, 2.24) is 38.6 Å². The molecule has 0 amide bonds. The second kappa shape index (κ2) is 29.5. The van der Waals surface area contributed by atoms with Crippen LogP contribution < -0.4 is 0 Å².